The van der Waals surface area contributed by atoms with Crippen LogP contribution in [0.4, 0.5) is 4.39 Å². The second kappa shape index (κ2) is 11.5. The minimum atomic E-state index is -0.529. The first kappa shape index (κ1) is 25.0. The molecule has 3 rings (SSSR count). The topological polar surface area (TPSA) is 94.2 Å². The molecular weight excluding hydrogens is 443 g/mol. The number of esters is 1. The molecule has 0 spiro atoms. The van der Waals surface area contributed by atoms with Gasteiger partial charge in [-0.2, -0.15) is 0 Å². The van der Waals surface area contributed by atoms with Crippen LogP contribution in [0.3, 0.4) is 0 Å². The summed E-state index contributed by atoms with van der Waals surface area (Å²) in [5.41, 5.74) is 1.08. The van der Waals surface area contributed by atoms with E-state index in [-0.39, 0.29) is 12.5 Å². The third kappa shape index (κ3) is 6.24. The molecule has 2 atom stereocenters. The maximum atomic E-state index is 13.1. The zero-order valence-corrected chi connectivity index (χ0v) is 19.5. The maximum Gasteiger partial charge on any atom is 0.311 e. The van der Waals surface area contributed by atoms with Crippen molar-refractivity contribution in [1.82, 2.24) is 10.2 Å². The number of halogens is 1. The number of nitrogens with one attached hydrogen (secondary N) is 1. The lowest BCUT2D eigenvalue weighted by atomic mass is 9.97. The monoisotopic (exact) mass is 472 g/mol. The Morgan fingerprint density at radius 1 is 1.12 bits per heavy atom. The fourth-order valence-corrected chi connectivity index (χ4v) is 3.92. The normalized spacial score (nSPS) is 16.4. The minimum Gasteiger partial charge on any atom is -0.497 e. The number of amides is 2. The molecule has 1 fully saturated rings. The number of piperidine rings is 1. The van der Waals surface area contributed by atoms with E-state index in [1.807, 2.05) is 0 Å². The van der Waals surface area contributed by atoms with E-state index < -0.39 is 36.3 Å². The Hall–Kier alpha value is -3.62. The summed E-state index contributed by atoms with van der Waals surface area (Å²) < 4.78 is 28.9. The number of carbonyl (C=O) groups is 3. The predicted molar refractivity (Wildman–Crippen MR) is 122 cm³/mol. The highest BCUT2D eigenvalue weighted by molar-refractivity contribution is 5.94. The van der Waals surface area contributed by atoms with Gasteiger partial charge in [-0.1, -0.05) is 0 Å². The molecule has 2 aromatic carbocycles. The number of rotatable bonds is 8. The molecule has 0 aromatic heterocycles. The zero-order chi connectivity index (χ0) is 24.7. The Morgan fingerprint density at radius 3 is 2.53 bits per heavy atom. The van der Waals surface area contributed by atoms with Gasteiger partial charge in [-0.05, 0) is 62.2 Å². The molecular formula is C25H29FN2O6. The summed E-state index contributed by atoms with van der Waals surface area (Å²) in [4.78, 5) is 39.2. The lowest BCUT2D eigenvalue weighted by Gasteiger charge is -2.31. The molecule has 0 bridgehead atoms. The van der Waals surface area contributed by atoms with Crippen molar-refractivity contribution in [3.8, 4) is 11.5 Å². The standard InChI is InChI=1S/C25H29FN2O6/c1-16(21-13-20(32-2)10-11-22(21)33-3)27-23(29)15-34-25(31)18-5-4-12-28(14-18)24(30)17-6-8-19(26)9-7-17/h6-11,13,16,18H,4-5,12,14-15H2,1-3H3,(H,27,29). The van der Waals surface area contributed by atoms with Crippen molar-refractivity contribution in [3.05, 3.63) is 59.4 Å². The van der Waals surface area contributed by atoms with Gasteiger partial charge in [0.1, 0.15) is 17.3 Å². The number of likely N-dealkylation sites (tertiary alicyclic amines) is 1. The van der Waals surface area contributed by atoms with Crippen LogP contribution in [-0.4, -0.2) is 56.6 Å². The molecule has 2 aromatic rings. The van der Waals surface area contributed by atoms with Crippen LogP contribution in [0.2, 0.25) is 0 Å². The Morgan fingerprint density at radius 2 is 1.85 bits per heavy atom. The molecule has 1 aliphatic rings. The van der Waals surface area contributed by atoms with E-state index in [4.69, 9.17) is 14.2 Å². The lowest BCUT2D eigenvalue weighted by molar-refractivity contribution is -0.154. The molecule has 0 aliphatic carbocycles. The van der Waals surface area contributed by atoms with E-state index in [9.17, 15) is 18.8 Å². The van der Waals surface area contributed by atoms with E-state index in [0.29, 0.717) is 36.4 Å². The van der Waals surface area contributed by atoms with E-state index in [1.165, 1.54) is 31.4 Å². The molecule has 34 heavy (non-hydrogen) atoms. The molecule has 2 unspecified atom stereocenters. The van der Waals surface area contributed by atoms with Crippen molar-refractivity contribution in [2.75, 3.05) is 33.9 Å². The van der Waals surface area contributed by atoms with E-state index in [1.54, 1.807) is 37.1 Å². The molecule has 0 radical (unpaired) electrons. The Kier molecular flexibility index (Phi) is 8.45. The fourth-order valence-electron chi connectivity index (χ4n) is 3.92. The summed E-state index contributed by atoms with van der Waals surface area (Å²) in [6.07, 6.45) is 1.19. The molecule has 182 valence electrons. The molecule has 2 amide bonds. The van der Waals surface area contributed by atoms with Crippen LogP contribution in [0.25, 0.3) is 0 Å². The summed E-state index contributed by atoms with van der Waals surface area (Å²) in [5.74, 6) is -0.981. The number of hydrogen-bond donors (Lipinski definition) is 1. The van der Waals surface area contributed by atoms with Crippen molar-refractivity contribution in [2.45, 2.75) is 25.8 Å². The maximum absolute atomic E-state index is 13.1. The summed E-state index contributed by atoms with van der Waals surface area (Å²) in [6.45, 7) is 2.05. The van der Waals surface area contributed by atoms with Gasteiger partial charge in [0.2, 0.25) is 0 Å². The van der Waals surface area contributed by atoms with Crippen LogP contribution in [0.1, 0.15) is 41.7 Å². The number of benzene rings is 2. The van der Waals surface area contributed by atoms with Crippen LogP contribution >= 0.6 is 0 Å². The number of hydrogen-bond acceptors (Lipinski definition) is 6. The minimum absolute atomic E-state index is 0.189. The summed E-state index contributed by atoms with van der Waals surface area (Å²) in [6, 6.07) is 10.2. The van der Waals surface area contributed by atoms with E-state index in [2.05, 4.69) is 5.32 Å². The fraction of sp³-hybridized carbons (Fsp3) is 0.400. The van der Waals surface area contributed by atoms with Crippen molar-refractivity contribution in [1.29, 1.82) is 0 Å². The molecule has 8 nitrogen and oxygen atoms in total. The number of methoxy groups -OCH3 is 2. The predicted octanol–water partition coefficient (Wildman–Crippen LogP) is 3.12. The number of ether oxygens (including phenoxy) is 3. The van der Waals surface area contributed by atoms with Gasteiger partial charge in [0.25, 0.3) is 11.8 Å². The van der Waals surface area contributed by atoms with Gasteiger partial charge in [-0.3, -0.25) is 14.4 Å². The molecule has 1 heterocycles. The zero-order valence-electron chi connectivity index (χ0n) is 19.5. The summed E-state index contributed by atoms with van der Waals surface area (Å²) in [7, 11) is 3.09. The second-order valence-corrected chi connectivity index (χ2v) is 8.10. The Balaban J connectivity index is 1.52. The summed E-state index contributed by atoms with van der Waals surface area (Å²) in [5, 5.41) is 2.79. The van der Waals surface area contributed by atoms with Crippen LogP contribution in [0.5, 0.6) is 11.5 Å². The van der Waals surface area contributed by atoms with Crippen molar-refractivity contribution >= 4 is 17.8 Å². The first-order chi connectivity index (χ1) is 16.3. The van der Waals surface area contributed by atoms with Crippen LogP contribution in [0, 0.1) is 11.7 Å². The van der Waals surface area contributed by atoms with Crippen molar-refractivity contribution in [3.63, 3.8) is 0 Å². The highest BCUT2D eigenvalue weighted by atomic mass is 19.1. The smallest absolute Gasteiger partial charge is 0.311 e. The van der Waals surface area contributed by atoms with Crippen molar-refractivity contribution < 1.29 is 33.0 Å². The van der Waals surface area contributed by atoms with E-state index >= 15 is 0 Å². The SMILES string of the molecule is COc1ccc(OC)c(C(C)NC(=O)COC(=O)C2CCCN(C(=O)c3ccc(F)cc3)C2)c1. The van der Waals surface area contributed by atoms with Crippen LogP contribution < -0.4 is 14.8 Å². The molecule has 1 saturated heterocycles. The Labute approximate surface area is 198 Å². The second-order valence-electron chi connectivity index (χ2n) is 8.10. The highest BCUT2D eigenvalue weighted by Crippen LogP contribution is 2.29. The molecule has 9 heteroatoms. The third-order valence-corrected chi connectivity index (χ3v) is 5.76. The highest BCUT2D eigenvalue weighted by Gasteiger charge is 2.30. The first-order valence-electron chi connectivity index (χ1n) is 11.0. The van der Waals surface area contributed by atoms with Crippen molar-refractivity contribution in [2.24, 2.45) is 5.92 Å². The quantitative estimate of drug-likeness (QED) is 0.594. The van der Waals surface area contributed by atoms with Gasteiger partial charge >= 0.3 is 5.97 Å². The van der Waals surface area contributed by atoms with Gasteiger partial charge in [0, 0.05) is 24.2 Å². The van der Waals surface area contributed by atoms with Gasteiger partial charge < -0.3 is 24.4 Å². The first-order valence-corrected chi connectivity index (χ1v) is 11.0. The Bertz CT molecular complexity index is 1030. The van der Waals surface area contributed by atoms with Gasteiger partial charge in [0.15, 0.2) is 6.61 Å². The lowest BCUT2D eigenvalue weighted by Crippen LogP contribution is -2.43. The molecule has 1 N–H and O–H groups in total. The largest absolute Gasteiger partial charge is 0.497 e. The molecule has 0 saturated carbocycles. The number of carbonyl (C=O) groups excluding carboxylic acids is 3. The van der Waals surface area contributed by atoms with Crippen LogP contribution in [0.15, 0.2) is 42.5 Å². The summed E-state index contributed by atoms with van der Waals surface area (Å²) >= 11 is 0. The average molecular weight is 473 g/mol. The van der Waals surface area contributed by atoms with Crippen LogP contribution in [-0.2, 0) is 14.3 Å². The van der Waals surface area contributed by atoms with Gasteiger partial charge in [-0.25, -0.2) is 4.39 Å². The average Bonchev–Trinajstić information content (AvgIpc) is 2.86. The van der Waals surface area contributed by atoms with E-state index in [0.717, 1.165) is 5.56 Å². The number of nitrogens with zero attached hydrogens (tertiary/aromatic N) is 1. The van der Waals surface area contributed by atoms with Gasteiger partial charge in [-0.15, -0.1) is 0 Å². The van der Waals surface area contributed by atoms with Gasteiger partial charge in [0.05, 0.1) is 26.2 Å². The molecule has 1 aliphatic heterocycles. The third-order valence-electron chi connectivity index (χ3n) is 5.76.